The summed E-state index contributed by atoms with van der Waals surface area (Å²) in [6.07, 6.45) is 1.46. The zero-order chi connectivity index (χ0) is 17.2. The minimum absolute atomic E-state index is 0.121. The van der Waals surface area contributed by atoms with E-state index in [0.29, 0.717) is 26.9 Å². The third-order valence-electron chi connectivity index (χ3n) is 3.26. The van der Waals surface area contributed by atoms with Crippen LogP contribution in [0.2, 0.25) is 10.0 Å². The Morgan fingerprint density at radius 3 is 2.61 bits per heavy atom. The van der Waals surface area contributed by atoms with Crippen LogP contribution >= 0.6 is 23.2 Å². The molecule has 0 spiro atoms. The minimum atomic E-state index is -3.84. The molecule has 0 unspecified atom stereocenters. The van der Waals surface area contributed by atoms with Crippen LogP contribution in [0.4, 0.5) is 5.69 Å². The Morgan fingerprint density at radius 2 is 2.00 bits per heavy atom. The Hall–Kier alpha value is -1.28. The van der Waals surface area contributed by atoms with Gasteiger partial charge < -0.3 is 4.74 Å². The molecule has 2 aromatic rings. The number of ether oxygens (including phenoxy) is 1. The van der Waals surface area contributed by atoms with E-state index in [0.717, 1.165) is 4.31 Å². The van der Waals surface area contributed by atoms with E-state index in [1.54, 1.807) is 26.9 Å². The van der Waals surface area contributed by atoms with Crippen LogP contribution in [0.5, 0.6) is 0 Å². The van der Waals surface area contributed by atoms with Gasteiger partial charge in [-0.25, -0.2) is 12.7 Å². The van der Waals surface area contributed by atoms with E-state index in [1.807, 2.05) is 0 Å². The topological polar surface area (TPSA) is 59.5 Å². The molecule has 2 rings (SSSR count). The van der Waals surface area contributed by atoms with Crippen molar-refractivity contribution in [2.75, 3.05) is 18.1 Å². The largest absolute Gasteiger partial charge is 0.363 e. The number of nitrogens with zero attached hydrogens (tertiary/aromatic N) is 2. The van der Waals surface area contributed by atoms with Gasteiger partial charge in [-0.15, -0.1) is 0 Å². The molecule has 0 atom stereocenters. The highest BCUT2D eigenvalue weighted by atomic mass is 35.5. The number of hydrogen-bond donors (Lipinski definition) is 0. The van der Waals surface area contributed by atoms with Crippen molar-refractivity contribution >= 4 is 52.4 Å². The van der Waals surface area contributed by atoms with E-state index in [1.165, 1.54) is 25.4 Å². The highest BCUT2D eigenvalue weighted by Crippen LogP contribution is 2.26. The first kappa shape index (κ1) is 18.1. The molecule has 0 amide bonds. The van der Waals surface area contributed by atoms with Gasteiger partial charge in [0.2, 0.25) is 0 Å². The number of rotatable bonds is 5. The first-order valence-corrected chi connectivity index (χ1v) is 8.87. The second kappa shape index (κ2) is 7.09. The predicted molar refractivity (Wildman–Crippen MR) is 95.2 cm³/mol. The van der Waals surface area contributed by atoms with Gasteiger partial charge in [-0.3, -0.25) is 4.98 Å². The SMILES string of the molecule is Bc1ncc(Cl)cc1N(COC)S(=O)(=O)c1ccc(Cl)c(C)c1. The maximum atomic E-state index is 13.0. The van der Waals surface area contributed by atoms with Crippen LogP contribution in [0, 0.1) is 6.92 Å². The van der Waals surface area contributed by atoms with Crippen molar-refractivity contribution < 1.29 is 13.2 Å². The summed E-state index contributed by atoms with van der Waals surface area (Å²) < 4.78 is 32.2. The lowest BCUT2D eigenvalue weighted by molar-refractivity contribution is 0.210. The first-order valence-electron chi connectivity index (χ1n) is 6.67. The van der Waals surface area contributed by atoms with Gasteiger partial charge in [-0.1, -0.05) is 23.2 Å². The molecular weight excluding hydrogens is 358 g/mol. The molecule has 23 heavy (non-hydrogen) atoms. The summed E-state index contributed by atoms with van der Waals surface area (Å²) in [5.41, 5.74) is 1.57. The number of sulfonamides is 1. The van der Waals surface area contributed by atoms with Gasteiger partial charge in [0, 0.05) is 23.9 Å². The molecule has 0 aliphatic carbocycles. The van der Waals surface area contributed by atoms with Gasteiger partial charge in [0.25, 0.3) is 10.0 Å². The number of pyridine rings is 1. The average molecular weight is 373 g/mol. The summed E-state index contributed by atoms with van der Waals surface area (Å²) in [6.45, 7) is 1.58. The fourth-order valence-corrected chi connectivity index (χ4v) is 3.82. The predicted octanol–water partition coefficient (Wildman–Crippen LogP) is 1.75. The molecule has 0 bridgehead atoms. The second-order valence-corrected chi connectivity index (χ2v) is 7.65. The zero-order valence-corrected chi connectivity index (χ0v) is 15.2. The van der Waals surface area contributed by atoms with Gasteiger partial charge in [0.1, 0.15) is 6.73 Å². The van der Waals surface area contributed by atoms with Gasteiger partial charge in [0.15, 0.2) is 7.85 Å². The third kappa shape index (κ3) is 3.80. The zero-order valence-electron chi connectivity index (χ0n) is 12.9. The molecule has 1 aromatic carbocycles. The number of aromatic nitrogens is 1. The lowest BCUT2D eigenvalue weighted by atomic mass is 10.0. The first-order chi connectivity index (χ1) is 10.8. The van der Waals surface area contributed by atoms with Gasteiger partial charge in [0.05, 0.1) is 15.6 Å². The monoisotopic (exact) mass is 372 g/mol. The molecule has 0 saturated heterocycles. The van der Waals surface area contributed by atoms with Crippen LogP contribution in [0.1, 0.15) is 5.56 Å². The molecule has 0 radical (unpaired) electrons. The number of halogens is 2. The van der Waals surface area contributed by atoms with Gasteiger partial charge in [-0.05, 0) is 36.8 Å². The molecule has 0 fully saturated rings. The normalized spacial score (nSPS) is 11.5. The van der Waals surface area contributed by atoms with E-state index >= 15 is 0 Å². The summed E-state index contributed by atoms with van der Waals surface area (Å²) >= 11 is 11.9. The lowest BCUT2D eigenvalue weighted by Gasteiger charge is -2.25. The Morgan fingerprint density at radius 1 is 1.30 bits per heavy atom. The Labute approximate surface area is 146 Å². The summed E-state index contributed by atoms with van der Waals surface area (Å²) in [6, 6.07) is 6.08. The van der Waals surface area contributed by atoms with Crippen molar-refractivity contribution in [3.05, 3.63) is 46.1 Å². The lowest BCUT2D eigenvalue weighted by Crippen LogP contribution is -2.36. The quantitative estimate of drug-likeness (QED) is 0.592. The van der Waals surface area contributed by atoms with E-state index in [9.17, 15) is 8.42 Å². The van der Waals surface area contributed by atoms with Crippen LogP contribution < -0.4 is 9.90 Å². The van der Waals surface area contributed by atoms with Crippen molar-refractivity contribution in [1.82, 2.24) is 4.98 Å². The van der Waals surface area contributed by atoms with Crippen molar-refractivity contribution in [1.29, 1.82) is 0 Å². The van der Waals surface area contributed by atoms with E-state index in [-0.39, 0.29) is 11.6 Å². The van der Waals surface area contributed by atoms with Crippen LogP contribution in [0.15, 0.2) is 35.4 Å². The fraction of sp³-hybridized carbons (Fsp3) is 0.214. The smallest absolute Gasteiger partial charge is 0.266 e. The highest BCUT2D eigenvalue weighted by Gasteiger charge is 2.27. The third-order valence-corrected chi connectivity index (χ3v) is 5.62. The van der Waals surface area contributed by atoms with Crippen LogP contribution in [0.3, 0.4) is 0 Å². The van der Waals surface area contributed by atoms with Gasteiger partial charge in [-0.2, -0.15) is 0 Å². The summed E-state index contributed by atoms with van der Waals surface area (Å²) in [7, 11) is -0.719. The van der Waals surface area contributed by atoms with E-state index in [2.05, 4.69) is 4.98 Å². The van der Waals surface area contributed by atoms with E-state index < -0.39 is 10.0 Å². The molecular formula is C14H15BCl2N2O3S. The molecule has 0 N–H and O–H groups in total. The van der Waals surface area contributed by atoms with Crippen LogP contribution in [-0.4, -0.2) is 35.1 Å². The molecule has 5 nitrogen and oxygen atoms in total. The number of hydrogen-bond acceptors (Lipinski definition) is 4. The highest BCUT2D eigenvalue weighted by molar-refractivity contribution is 7.92. The molecule has 0 aliphatic heterocycles. The number of anilines is 1. The summed E-state index contributed by atoms with van der Waals surface area (Å²) in [5, 5.41) is 0.844. The summed E-state index contributed by atoms with van der Waals surface area (Å²) in [4.78, 5) is 4.23. The maximum Gasteiger partial charge on any atom is 0.266 e. The van der Waals surface area contributed by atoms with Crippen molar-refractivity contribution in [2.24, 2.45) is 0 Å². The van der Waals surface area contributed by atoms with Crippen molar-refractivity contribution in [2.45, 2.75) is 11.8 Å². The standard InChI is InChI=1S/C14H15BCl2N2O3S/c1-9-5-11(3-4-12(9)17)23(20,21)19(8-22-2)13-6-10(16)7-18-14(13)15/h3-7H,8,15H2,1-2H3. The average Bonchev–Trinajstić information content (AvgIpc) is 2.50. The molecule has 122 valence electrons. The molecule has 1 heterocycles. The van der Waals surface area contributed by atoms with Crippen LogP contribution in [0.25, 0.3) is 0 Å². The van der Waals surface area contributed by atoms with Crippen molar-refractivity contribution in [3.63, 3.8) is 0 Å². The summed E-state index contributed by atoms with van der Waals surface area (Å²) in [5.74, 6) is 0. The maximum absolute atomic E-state index is 13.0. The van der Waals surface area contributed by atoms with Crippen molar-refractivity contribution in [3.8, 4) is 0 Å². The van der Waals surface area contributed by atoms with Gasteiger partial charge >= 0.3 is 0 Å². The van der Waals surface area contributed by atoms with E-state index in [4.69, 9.17) is 27.9 Å². The Kier molecular flexibility index (Phi) is 5.57. The molecule has 0 saturated carbocycles. The molecule has 1 aromatic heterocycles. The second-order valence-electron chi connectivity index (χ2n) is 4.94. The molecule has 9 heteroatoms. The fourth-order valence-electron chi connectivity index (χ4n) is 2.04. The number of aryl methyl sites for hydroxylation is 1. The minimum Gasteiger partial charge on any atom is -0.363 e. The Bertz CT molecular complexity index is 831. The number of benzene rings is 1. The number of methoxy groups -OCH3 is 1. The Balaban J connectivity index is 2.59. The van der Waals surface area contributed by atoms with Crippen LogP contribution in [-0.2, 0) is 14.8 Å². The molecule has 0 aliphatic rings.